The zero-order valence-corrected chi connectivity index (χ0v) is 22.8. The van der Waals surface area contributed by atoms with Gasteiger partial charge in [0, 0.05) is 23.5 Å². The predicted molar refractivity (Wildman–Crippen MR) is 157 cm³/mol. The number of aliphatic carboxylic acids is 1. The molecule has 0 spiro atoms. The summed E-state index contributed by atoms with van der Waals surface area (Å²) in [5.74, 6) is -3.37. The molecule has 7 nitrogen and oxygen atoms in total. The lowest BCUT2D eigenvalue weighted by Gasteiger charge is -2.20. The van der Waals surface area contributed by atoms with E-state index in [-0.39, 0.29) is 42.1 Å². The van der Waals surface area contributed by atoms with Gasteiger partial charge in [-0.25, -0.2) is 4.39 Å². The summed E-state index contributed by atoms with van der Waals surface area (Å²) in [5, 5.41) is 32.8. The van der Waals surface area contributed by atoms with Gasteiger partial charge in [0.05, 0.1) is 35.4 Å². The van der Waals surface area contributed by atoms with Crippen molar-refractivity contribution in [1.29, 1.82) is 0 Å². The maximum absolute atomic E-state index is 14.7. The molecule has 0 saturated heterocycles. The number of anilines is 1. The van der Waals surface area contributed by atoms with Gasteiger partial charge < -0.3 is 25.2 Å². The zero-order valence-electron chi connectivity index (χ0n) is 26.8. The summed E-state index contributed by atoms with van der Waals surface area (Å²) in [6.07, 6.45) is -3.26. The van der Waals surface area contributed by atoms with E-state index in [0.29, 0.717) is 22.5 Å². The zero-order chi connectivity index (χ0) is 33.0. The van der Waals surface area contributed by atoms with Crippen LogP contribution in [0.25, 0.3) is 22.4 Å². The summed E-state index contributed by atoms with van der Waals surface area (Å²) in [7, 11) is 0. The highest BCUT2D eigenvalue weighted by atomic mass is 19.1. The van der Waals surface area contributed by atoms with Crippen LogP contribution >= 0.6 is 0 Å². The maximum atomic E-state index is 14.7. The van der Waals surface area contributed by atoms with Crippen molar-refractivity contribution in [3.8, 4) is 22.4 Å². The number of nitrogens with zero attached hydrogens (tertiary/aromatic N) is 1. The highest BCUT2D eigenvalue weighted by molar-refractivity contribution is 6.12. The Balaban J connectivity index is 2.04. The van der Waals surface area contributed by atoms with Crippen molar-refractivity contribution in [3.05, 3.63) is 102 Å². The van der Waals surface area contributed by atoms with E-state index < -0.39 is 60.5 Å². The molecule has 0 aliphatic rings. The minimum atomic E-state index is -1.30. The normalized spacial score (nSPS) is 14.1. The topological polar surface area (TPSA) is 112 Å². The lowest BCUT2D eigenvalue weighted by atomic mass is 9.94. The van der Waals surface area contributed by atoms with E-state index >= 15 is 0 Å². The lowest BCUT2D eigenvalue weighted by molar-refractivity contribution is -0.139. The van der Waals surface area contributed by atoms with Crippen molar-refractivity contribution in [2.24, 2.45) is 0 Å². The van der Waals surface area contributed by atoms with Crippen LogP contribution in [0.5, 0.6) is 0 Å². The van der Waals surface area contributed by atoms with E-state index in [1.165, 1.54) is 0 Å². The molecule has 2 atom stereocenters. The molecule has 214 valence electrons. The number of amides is 1. The molecule has 4 aromatic rings. The summed E-state index contributed by atoms with van der Waals surface area (Å²) in [5.41, 5.74) is 1.95. The minimum Gasteiger partial charge on any atom is -0.481 e. The third kappa shape index (κ3) is 7.28. The van der Waals surface area contributed by atoms with E-state index in [4.69, 9.17) is 10.6 Å². The number of hydrogen-bond acceptors (Lipinski definition) is 4. The number of rotatable bonds is 12. The molecule has 41 heavy (non-hydrogen) atoms. The van der Waals surface area contributed by atoms with Gasteiger partial charge in [0.15, 0.2) is 0 Å². The number of hydrogen-bond donors (Lipinski definition) is 4. The first kappa shape index (κ1) is 24.5. The first-order chi connectivity index (χ1) is 21.3. The number of aliphatic hydroxyl groups is 2. The molecule has 0 saturated carbocycles. The van der Waals surface area contributed by atoms with Gasteiger partial charge in [-0.1, -0.05) is 62.4 Å². The molecule has 0 aliphatic heterocycles. The summed E-state index contributed by atoms with van der Waals surface area (Å²) in [6.45, 7) is 3.67. The van der Waals surface area contributed by atoms with Crippen LogP contribution in [0.15, 0.2) is 84.8 Å². The minimum absolute atomic E-state index is 0.0147. The third-order valence-electron chi connectivity index (χ3n) is 6.64. The van der Waals surface area contributed by atoms with Crippen LogP contribution in [0.4, 0.5) is 10.1 Å². The number of carboxylic acids is 1. The number of aromatic nitrogens is 1. The molecule has 8 heteroatoms. The summed E-state index contributed by atoms with van der Waals surface area (Å²) < 4.78 is 50.3. The van der Waals surface area contributed by atoms with Gasteiger partial charge in [0.1, 0.15) is 5.82 Å². The summed E-state index contributed by atoms with van der Waals surface area (Å²) in [4.78, 5) is 25.2. The van der Waals surface area contributed by atoms with Gasteiger partial charge in [0.25, 0.3) is 5.91 Å². The average molecular weight is 563 g/mol. The van der Waals surface area contributed by atoms with Gasteiger partial charge in [-0.2, -0.15) is 0 Å². The quantitative estimate of drug-likeness (QED) is 0.162. The number of carbonyl (C=O) groups is 2. The van der Waals surface area contributed by atoms with Crippen molar-refractivity contribution in [1.82, 2.24) is 4.57 Å². The Kier molecular flexibility index (Phi) is 8.01. The molecular weight excluding hydrogens is 523 g/mol. The van der Waals surface area contributed by atoms with Crippen molar-refractivity contribution in [3.63, 3.8) is 0 Å². The SMILES string of the molecule is [2H]c1c([2H])c(-c2c(-c3ccccc3)c(C(=O)Nc3ccccc3)c(C(C)C)n2CC[C@H](O)C[C@H](O)CC(=O)O)c([2H])c([2H])c1F. The van der Waals surface area contributed by atoms with Crippen LogP contribution in [0.2, 0.25) is 0 Å². The molecular formula is C33H35FN2O5. The standard InChI is InChI=1S/C33H35FN2O5/c1-21(2)31-30(33(41)35-25-11-7-4-8-12-25)29(22-9-5-3-6-10-22)32(23-13-15-24(34)16-14-23)36(31)18-17-26(37)19-27(38)20-28(39)40/h3-16,21,26-27,37-38H,17-20H2,1-2H3,(H,35,41)(H,39,40)/t26-,27-/m0/s1/i13D,14D,15D,16D. The van der Waals surface area contributed by atoms with Crippen molar-refractivity contribution in [2.75, 3.05) is 5.32 Å². The van der Waals surface area contributed by atoms with E-state index in [2.05, 4.69) is 5.32 Å². The second kappa shape index (κ2) is 13.4. The molecule has 1 heterocycles. The first-order valence-electron chi connectivity index (χ1n) is 15.4. The van der Waals surface area contributed by atoms with Gasteiger partial charge in [0.2, 0.25) is 0 Å². The fourth-order valence-corrected chi connectivity index (χ4v) is 4.97. The van der Waals surface area contributed by atoms with Crippen molar-refractivity contribution in [2.45, 2.75) is 57.8 Å². The van der Waals surface area contributed by atoms with Crippen LogP contribution in [-0.4, -0.2) is 44.0 Å². The lowest BCUT2D eigenvalue weighted by Crippen LogP contribution is -2.22. The van der Waals surface area contributed by atoms with Crippen molar-refractivity contribution < 1.29 is 34.8 Å². The average Bonchev–Trinajstić information content (AvgIpc) is 3.33. The van der Waals surface area contributed by atoms with Gasteiger partial charge in [-0.05, 0) is 66.2 Å². The maximum Gasteiger partial charge on any atom is 0.305 e. The van der Waals surface area contributed by atoms with Crippen LogP contribution in [0, 0.1) is 5.82 Å². The van der Waals surface area contributed by atoms with Gasteiger partial charge >= 0.3 is 5.97 Å². The van der Waals surface area contributed by atoms with Crippen LogP contribution in [0.3, 0.4) is 0 Å². The fourth-order valence-electron chi connectivity index (χ4n) is 4.97. The molecule has 4 rings (SSSR count). The van der Waals surface area contributed by atoms with Crippen LogP contribution in [0.1, 0.15) is 60.6 Å². The first-order valence-corrected chi connectivity index (χ1v) is 13.4. The number of para-hydroxylation sites is 1. The molecule has 4 N–H and O–H groups in total. The number of carboxylic acid groups (broad SMARTS) is 1. The Labute approximate surface area is 244 Å². The summed E-state index contributed by atoms with van der Waals surface area (Å²) in [6, 6.07) is 14.5. The van der Waals surface area contributed by atoms with Crippen molar-refractivity contribution >= 4 is 17.6 Å². The Bertz CT molecular complexity index is 1670. The number of halogens is 1. The summed E-state index contributed by atoms with van der Waals surface area (Å²) >= 11 is 0. The Morgan fingerprint density at radius 3 is 2.12 bits per heavy atom. The smallest absolute Gasteiger partial charge is 0.305 e. The van der Waals surface area contributed by atoms with Gasteiger partial charge in [-0.15, -0.1) is 0 Å². The molecule has 0 unspecified atom stereocenters. The third-order valence-corrected chi connectivity index (χ3v) is 6.64. The highest BCUT2D eigenvalue weighted by Crippen LogP contribution is 2.42. The monoisotopic (exact) mass is 562 g/mol. The van der Waals surface area contributed by atoms with Crippen LogP contribution < -0.4 is 5.32 Å². The van der Waals surface area contributed by atoms with Gasteiger partial charge in [-0.3, -0.25) is 9.59 Å². The van der Waals surface area contributed by atoms with E-state index in [9.17, 15) is 24.2 Å². The molecule has 0 radical (unpaired) electrons. The molecule has 3 aromatic carbocycles. The highest BCUT2D eigenvalue weighted by Gasteiger charge is 2.31. The van der Waals surface area contributed by atoms with E-state index in [1.807, 2.05) is 13.8 Å². The fraction of sp³-hybridized carbons (Fsp3) is 0.273. The second-order valence-electron chi connectivity index (χ2n) is 10.1. The van der Waals surface area contributed by atoms with Crippen LogP contribution in [-0.2, 0) is 11.3 Å². The second-order valence-corrected chi connectivity index (χ2v) is 10.1. The molecule has 0 aliphatic carbocycles. The largest absolute Gasteiger partial charge is 0.481 e. The number of carbonyl (C=O) groups excluding carboxylic acids is 1. The predicted octanol–water partition coefficient (Wildman–Crippen LogP) is 6.31. The number of aliphatic hydroxyl groups excluding tert-OH is 2. The van der Waals surface area contributed by atoms with E-state index in [1.54, 1.807) is 65.2 Å². The molecule has 0 bridgehead atoms. The Hall–Kier alpha value is -4.27. The Morgan fingerprint density at radius 2 is 1.54 bits per heavy atom. The van der Waals surface area contributed by atoms with E-state index in [0.717, 1.165) is 0 Å². The Morgan fingerprint density at radius 1 is 0.927 bits per heavy atom. The number of benzene rings is 3. The molecule has 1 amide bonds. The number of nitrogens with one attached hydrogen (secondary N) is 1. The molecule has 0 fully saturated rings. The molecule has 1 aromatic heterocycles.